The topological polar surface area (TPSA) is 189 Å². The molecule has 1 amide bonds. The molecular weight excluding hydrogens is 630 g/mol. The Morgan fingerprint density at radius 3 is 1.73 bits per heavy atom. The van der Waals surface area contributed by atoms with Crippen molar-refractivity contribution in [1.29, 1.82) is 0 Å². The molecule has 9 atom stereocenters. The molecule has 8 N–H and O–H groups in total. The van der Waals surface area contributed by atoms with Gasteiger partial charge in [-0.3, -0.25) is 4.79 Å². The van der Waals surface area contributed by atoms with Gasteiger partial charge in [0.15, 0.2) is 6.29 Å². The van der Waals surface area contributed by atoms with Gasteiger partial charge in [0.1, 0.15) is 36.6 Å². The molecule has 0 aliphatic carbocycles. The first-order chi connectivity index (χ1) is 23.7. The van der Waals surface area contributed by atoms with E-state index in [4.69, 9.17) is 9.47 Å². The van der Waals surface area contributed by atoms with Crippen LogP contribution in [0.5, 0.6) is 0 Å². The average Bonchev–Trinajstić information content (AvgIpc) is 3.10. The molecule has 1 heterocycles. The number of unbranched alkanes of at least 4 members (excludes halogenated alkanes) is 17. The lowest BCUT2D eigenvalue weighted by Crippen LogP contribution is -2.60. The number of carbonyl (C=O) groups excluding carboxylic acids is 1. The second kappa shape index (κ2) is 29.4. The molecule has 1 rings (SSSR count). The zero-order valence-electron chi connectivity index (χ0n) is 30.7. The normalized spacial score (nSPS) is 23.8. The molecule has 0 saturated carbocycles. The number of carbonyl (C=O) groups is 1. The van der Waals surface area contributed by atoms with E-state index in [0.717, 1.165) is 38.5 Å². The van der Waals surface area contributed by atoms with Gasteiger partial charge in [0.25, 0.3) is 0 Å². The van der Waals surface area contributed by atoms with E-state index in [2.05, 4.69) is 31.3 Å². The summed E-state index contributed by atoms with van der Waals surface area (Å²) < 4.78 is 11.0. The summed E-state index contributed by atoms with van der Waals surface area (Å²) in [5.74, 6) is -0.716. The first-order valence-electron chi connectivity index (χ1n) is 19.6. The number of amides is 1. The molecule has 9 unspecified atom stereocenters. The van der Waals surface area contributed by atoms with Gasteiger partial charge in [0.05, 0.1) is 25.4 Å². The van der Waals surface area contributed by atoms with E-state index in [-0.39, 0.29) is 6.42 Å². The van der Waals surface area contributed by atoms with Gasteiger partial charge in [-0.2, -0.15) is 0 Å². The number of nitrogens with one attached hydrogen (secondary N) is 1. The average molecular weight is 704 g/mol. The summed E-state index contributed by atoms with van der Waals surface area (Å²) in [5.41, 5.74) is 0. The van der Waals surface area contributed by atoms with E-state index < -0.39 is 74.2 Å². The third-order valence-electron chi connectivity index (χ3n) is 9.57. The number of ether oxygens (including phenoxy) is 2. The molecule has 1 saturated heterocycles. The monoisotopic (exact) mass is 704 g/mol. The minimum Gasteiger partial charge on any atom is -0.394 e. The Kier molecular flexibility index (Phi) is 27.6. The van der Waals surface area contributed by atoms with Gasteiger partial charge in [-0.15, -0.1) is 0 Å². The van der Waals surface area contributed by atoms with Crippen LogP contribution in [-0.2, 0) is 14.3 Å². The van der Waals surface area contributed by atoms with Gasteiger partial charge in [-0.05, 0) is 38.5 Å². The van der Waals surface area contributed by atoms with Crippen molar-refractivity contribution in [2.75, 3.05) is 13.2 Å². The van der Waals surface area contributed by atoms with Crippen LogP contribution in [0.4, 0.5) is 0 Å². The van der Waals surface area contributed by atoms with Crippen molar-refractivity contribution in [3.63, 3.8) is 0 Å². The molecular formula is C38H73NO10. The molecule has 290 valence electrons. The third kappa shape index (κ3) is 20.5. The van der Waals surface area contributed by atoms with Crippen molar-refractivity contribution >= 4 is 5.91 Å². The lowest BCUT2D eigenvalue weighted by Gasteiger charge is -2.40. The molecule has 11 nitrogen and oxygen atoms in total. The molecule has 0 spiro atoms. The van der Waals surface area contributed by atoms with Crippen molar-refractivity contribution in [2.24, 2.45) is 0 Å². The van der Waals surface area contributed by atoms with Gasteiger partial charge < -0.3 is 50.5 Å². The summed E-state index contributed by atoms with van der Waals surface area (Å²) >= 11 is 0. The predicted molar refractivity (Wildman–Crippen MR) is 192 cm³/mol. The minimum atomic E-state index is -1.66. The quantitative estimate of drug-likeness (QED) is 0.0376. The van der Waals surface area contributed by atoms with E-state index in [1.807, 2.05) is 0 Å². The first-order valence-corrected chi connectivity index (χ1v) is 19.6. The highest BCUT2D eigenvalue weighted by atomic mass is 16.7. The van der Waals surface area contributed by atoms with Crippen LogP contribution in [0, 0.1) is 0 Å². The SMILES string of the molecule is CCCCCCCC/C=C\CCCCC(O)C(=O)NC(COC1OC(CO)C(O)C(O)C1O)C(O)C(O)CCCCCCCCCCCC. The molecule has 0 aromatic carbocycles. The lowest BCUT2D eigenvalue weighted by molar-refractivity contribution is -0.303. The molecule has 11 heteroatoms. The highest BCUT2D eigenvalue weighted by molar-refractivity contribution is 5.80. The smallest absolute Gasteiger partial charge is 0.249 e. The van der Waals surface area contributed by atoms with Crippen molar-refractivity contribution in [3.05, 3.63) is 12.2 Å². The van der Waals surface area contributed by atoms with Gasteiger partial charge in [-0.1, -0.05) is 129 Å². The highest BCUT2D eigenvalue weighted by Crippen LogP contribution is 2.23. The minimum absolute atomic E-state index is 0.231. The van der Waals surface area contributed by atoms with Crippen molar-refractivity contribution in [3.8, 4) is 0 Å². The van der Waals surface area contributed by atoms with E-state index in [0.29, 0.717) is 19.3 Å². The number of aliphatic hydroxyl groups excluding tert-OH is 7. The summed E-state index contributed by atoms with van der Waals surface area (Å²) in [6.45, 7) is 3.36. The van der Waals surface area contributed by atoms with Crippen LogP contribution in [0.1, 0.15) is 155 Å². The molecule has 0 bridgehead atoms. The fourth-order valence-electron chi connectivity index (χ4n) is 6.20. The third-order valence-corrected chi connectivity index (χ3v) is 9.57. The zero-order chi connectivity index (χ0) is 36.3. The van der Waals surface area contributed by atoms with Gasteiger partial charge >= 0.3 is 0 Å². The summed E-state index contributed by atoms with van der Waals surface area (Å²) in [5, 5.41) is 75.1. The number of rotatable bonds is 31. The Morgan fingerprint density at radius 1 is 0.694 bits per heavy atom. The van der Waals surface area contributed by atoms with Crippen molar-refractivity contribution < 1.29 is 50.0 Å². The van der Waals surface area contributed by atoms with E-state index >= 15 is 0 Å². The van der Waals surface area contributed by atoms with Crippen LogP contribution < -0.4 is 5.32 Å². The Labute approximate surface area is 296 Å². The van der Waals surface area contributed by atoms with Gasteiger partial charge in [0, 0.05) is 0 Å². The Bertz CT molecular complexity index is 815. The first kappa shape index (κ1) is 45.9. The molecule has 1 fully saturated rings. The summed E-state index contributed by atoms with van der Waals surface area (Å²) in [6, 6.07) is -1.17. The molecule has 1 aliphatic rings. The lowest BCUT2D eigenvalue weighted by atomic mass is 9.98. The van der Waals surface area contributed by atoms with Crippen LogP contribution in [0.15, 0.2) is 12.2 Å². The van der Waals surface area contributed by atoms with Gasteiger partial charge in [-0.25, -0.2) is 0 Å². The number of allylic oxidation sites excluding steroid dienone is 2. The second-order valence-electron chi connectivity index (χ2n) is 14.0. The molecule has 49 heavy (non-hydrogen) atoms. The highest BCUT2D eigenvalue weighted by Gasteiger charge is 2.44. The summed E-state index contributed by atoms with van der Waals surface area (Å²) in [7, 11) is 0. The van der Waals surface area contributed by atoms with Gasteiger partial charge in [0.2, 0.25) is 5.91 Å². The largest absolute Gasteiger partial charge is 0.394 e. The fourth-order valence-corrected chi connectivity index (χ4v) is 6.20. The van der Waals surface area contributed by atoms with E-state index in [1.54, 1.807) is 0 Å². The molecule has 1 aliphatic heterocycles. The van der Waals surface area contributed by atoms with Crippen LogP contribution in [0.25, 0.3) is 0 Å². The zero-order valence-corrected chi connectivity index (χ0v) is 30.7. The predicted octanol–water partition coefficient (Wildman–Crippen LogP) is 4.55. The van der Waals surface area contributed by atoms with E-state index in [9.17, 15) is 40.5 Å². The van der Waals surface area contributed by atoms with Crippen LogP contribution >= 0.6 is 0 Å². The Morgan fingerprint density at radius 2 is 1.18 bits per heavy atom. The number of hydrogen-bond donors (Lipinski definition) is 8. The van der Waals surface area contributed by atoms with Crippen molar-refractivity contribution in [2.45, 2.75) is 210 Å². The molecule has 0 radical (unpaired) electrons. The number of hydrogen-bond acceptors (Lipinski definition) is 10. The Hall–Kier alpha value is -1.15. The Balaban J connectivity index is 2.59. The fraction of sp³-hybridized carbons (Fsp3) is 0.921. The van der Waals surface area contributed by atoms with Crippen LogP contribution in [-0.4, -0.2) is 110 Å². The summed E-state index contributed by atoms with van der Waals surface area (Å²) in [4.78, 5) is 13.0. The van der Waals surface area contributed by atoms with Crippen LogP contribution in [0.2, 0.25) is 0 Å². The maximum atomic E-state index is 13.0. The summed E-state index contributed by atoms with van der Waals surface area (Å²) in [6.07, 6.45) is 15.6. The maximum absolute atomic E-state index is 13.0. The molecule has 0 aromatic rings. The van der Waals surface area contributed by atoms with Crippen LogP contribution in [0.3, 0.4) is 0 Å². The maximum Gasteiger partial charge on any atom is 0.249 e. The van der Waals surface area contributed by atoms with E-state index in [1.165, 1.54) is 77.0 Å². The van der Waals surface area contributed by atoms with Crippen molar-refractivity contribution in [1.82, 2.24) is 5.32 Å². The molecule has 0 aromatic heterocycles. The number of aliphatic hydroxyl groups is 7. The second-order valence-corrected chi connectivity index (χ2v) is 14.0. The standard InChI is InChI=1S/C38H73NO10/c1-3-5-7-9-11-13-15-16-18-20-22-24-26-31(42)37(47)39-29(28-48-38-36(46)35(45)34(44)32(27-40)49-38)33(43)30(41)25-23-21-19-17-14-12-10-8-6-4-2/h16,18,29-36,38,40-46H,3-15,17,19-28H2,1-2H3,(H,39,47)/b18-16-.